The van der Waals surface area contributed by atoms with Gasteiger partial charge in [0, 0.05) is 12.1 Å². The van der Waals surface area contributed by atoms with E-state index in [2.05, 4.69) is 26.1 Å². The fraction of sp³-hybridized carbons (Fsp3) is 0.625. The van der Waals surface area contributed by atoms with E-state index in [9.17, 15) is 8.78 Å². The first-order valence-corrected chi connectivity index (χ1v) is 7.36. The van der Waals surface area contributed by atoms with Crippen LogP contribution >= 0.6 is 0 Å². The third-order valence-electron chi connectivity index (χ3n) is 4.01. The van der Waals surface area contributed by atoms with Gasteiger partial charge in [0.05, 0.1) is 0 Å². The van der Waals surface area contributed by atoms with Crippen molar-refractivity contribution >= 4 is 0 Å². The van der Waals surface area contributed by atoms with Crippen LogP contribution < -0.4 is 10.1 Å². The predicted octanol–water partition coefficient (Wildman–Crippen LogP) is 3.76. The molecule has 0 bridgehead atoms. The first kappa shape index (κ1) is 15.2. The topological polar surface area (TPSA) is 21.3 Å². The van der Waals surface area contributed by atoms with Crippen molar-refractivity contribution in [1.82, 2.24) is 5.32 Å². The number of hydrogen-bond acceptors (Lipinski definition) is 2. The van der Waals surface area contributed by atoms with Crippen molar-refractivity contribution in [3.8, 4) is 5.75 Å². The van der Waals surface area contributed by atoms with Crippen LogP contribution in [0.15, 0.2) is 18.2 Å². The van der Waals surface area contributed by atoms with Gasteiger partial charge >= 0.3 is 0 Å². The molecular weight excluding hydrogens is 260 g/mol. The zero-order valence-electron chi connectivity index (χ0n) is 12.3. The molecule has 2 rings (SSSR count). The number of rotatable bonds is 4. The highest BCUT2D eigenvalue weighted by Crippen LogP contribution is 2.33. The molecule has 1 aliphatic carbocycles. The molecule has 1 fully saturated rings. The summed E-state index contributed by atoms with van der Waals surface area (Å²) in [5, 5.41) is 3.42. The van der Waals surface area contributed by atoms with E-state index in [1.807, 2.05) is 0 Å². The number of ether oxygens (including phenoxy) is 1. The summed E-state index contributed by atoms with van der Waals surface area (Å²) in [5.41, 5.74) is 0. The van der Waals surface area contributed by atoms with Gasteiger partial charge in [-0.15, -0.1) is 0 Å². The quantitative estimate of drug-likeness (QED) is 0.908. The molecule has 2 nitrogen and oxygen atoms in total. The minimum Gasteiger partial charge on any atom is -0.485 e. The zero-order valence-corrected chi connectivity index (χ0v) is 12.3. The molecule has 0 spiro atoms. The smallest absolute Gasteiger partial charge is 0.167 e. The molecule has 0 aromatic heterocycles. The van der Waals surface area contributed by atoms with Crippen molar-refractivity contribution in [3.63, 3.8) is 0 Å². The van der Waals surface area contributed by atoms with Crippen LogP contribution in [0.4, 0.5) is 8.78 Å². The molecule has 0 saturated heterocycles. The summed E-state index contributed by atoms with van der Waals surface area (Å²) in [7, 11) is 0. The number of halogens is 2. The van der Waals surface area contributed by atoms with Gasteiger partial charge in [-0.1, -0.05) is 20.8 Å². The molecule has 1 aromatic carbocycles. The molecule has 1 aliphatic rings. The van der Waals surface area contributed by atoms with Crippen molar-refractivity contribution in [3.05, 3.63) is 29.8 Å². The summed E-state index contributed by atoms with van der Waals surface area (Å²) < 4.78 is 32.5. The SMILES string of the molecule is CCNC1CC(C)CC(C)C1Oc1ccc(F)cc1F. The Labute approximate surface area is 119 Å². The van der Waals surface area contributed by atoms with E-state index in [4.69, 9.17) is 4.74 Å². The lowest BCUT2D eigenvalue weighted by Crippen LogP contribution is -2.50. The molecule has 0 radical (unpaired) electrons. The van der Waals surface area contributed by atoms with Gasteiger partial charge in [-0.2, -0.15) is 0 Å². The highest BCUT2D eigenvalue weighted by molar-refractivity contribution is 5.25. The molecule has 1 N–H and O–H groups in total. The van der Waals surface area contributed by atoms with Crippen LogP contribution in [0.25, 0.3) is 0 Å². The average molecular weight is 283 g/mol. The van der Waals surface area contributed by atoms with Crippen LogP contribution in [0.5, 0.6) is 5.75 Å². The van der Waals surface area contributed by atoms with Crippen LogP contribution in [-0.4, -0.2) is 18.7 Å². The van der Waals surface area contributed by atoms with E-state index in [-0.39, 0.29) is 17.9 Å². The Balaban J connectivity index is 2.15. The van der Waals surface area contributed by atoms with Crippen molar-refractivity contribution in [1.29, 1.82) is 0 Å². The van der Waals surface area contributed by atoms with Crippen molar-refractivity contribution in [2.24, 2.45) is 11.8 Å². The highest BCUT2D eigenvalue weighted by atomic mass is 19.1. The fourth-order valence-electron chi connectivity index (χ4n) is 3.21. The van der Waals surface area contributed by atoms with E-state index in [0.717, 1.165) is 25.5 Å². The van der Waals surface area contributed by atoms with E-state index in [1.165, 1.54) is 12.1 Å². The summed E-state index contributed by atoms with van der Waals surface area (Å²) in [4.78, 5) is 0. The molecule has 112 valence electrons. The standard InChI is InChI=1S/C16H23F2NO/c1-4-19-14-8-10(2)7-11(3)16(14)20-15-6-5-12(17)9-13(15)18/h5-6,9-11,14,16,19H,4,7-8H2,1-3H3. The number of benzene rings is 1. The van der Waals surface area contributed by atoms with Gasteiger partial charge in [0.2, 0.25) is 0 Å². The third-order valence-corrected chi connectivity index (χ3v) is 4.01. The van der Waals surface area contributed by atoms with Gasteiger partial charge in [-0.25, -0.2) is 8.78 Å². The Hall–Kier alpha value is -1.16. The fourth-order valence-corrected chi connectivity index (χ4v) is 3.21. The lowest BCUT2D eigenvalue weighted by molar-refractivity contribution is 0.0453. The Morgan fingerprint density at radius 2 is 2.00 bits per heavy atom. The van der Waals surface area contributed by atoms with Gasteiger partial charge < -0.3 is 10.1 Å². The van der Waals surface area contributed by atoms with E-state index in [0.29, 0.717) is 11.8 Å². The predicted molar refractivity (Wildman–Crippen MR) is 75.8 cm³/mol. The maximum atomic E-state index is 13.7. The van der Waals surface area contributed by atoms with E-state index < -0.39 is 11.6 Å². The summed E-state index contributed by atoms with van der Waals surface area (Å²) in [6, 6.07) is 3.69. The van der Waals surface area contributed by atoms with Crippen LogP contribution in [0.1, 0.15) is 33.6 Å². The number of nitrogens with one attached hydrogen (secondary N) is 1. The minimum absolute atomic E-state index is 0.0777. The van der Waals surface area contributed by atoms with E-state index in [1.54, 1.807) is 0 Å². The van der Waals surface area contributed by atoms with E-state index >= 15 is 0 Å². The van der Waals surface area contributed by atoms with Gasteiger partial charge in [-0.05, 0) is 43.4 Å². The second-order valence-electron chi connectivity index (χ2n) is 5.88. The second kappa shape index (κ2) is 6.53. The maximum Gasteiger partial charge on any atom is 0.167 e. The first-order valence-electron chi connectivity index (χ1n) is 7.36. The molecule has 4 unspecified atom stereocenters. The molecule has 1 aromatic rings. The Morgan fingerprint density at radius 3 is 2.65 bits per heavy atom. The normalized spacial score (nSPS) is 30.2. The molecule has 4 heteroatoms. The van der Waals surface area contributed by atoms with Gasteiger partial charge in [0.1, 0.15) is 11.9 Å². The first-order chi connectivity index (χ1) is 9.51. The summed E-state index contributed by atoms with van der Waals surface area (Å²) >= 11 is 0. The van der Waals surface area contributed by atoms with Gasteiger partial charge in [0.25, 0.3) is 0 Å². The molecule has 1 saturated carbocycles. The monoisotopic (exact) mass is 283 g/mol. The van der Waals surface area contributed by atoms with Crippen LogP contribution in [0.2, 0.25) is 0 Å². The van der Waals surface area contributed by atoms with Crippen LogP contribution in [0.3, 0.4) is 0 Å². The lowest BCUT2D eigenvalue weighted by atomic mass is 9.78. The molecule has 0 heterocycles. The second-order valence-corrected chi connectivity index (χ2v) is 5.88. The summed E-state index contributed by atoms with van der Waals surface area (Å²) in [6.45, 7) is 7.27. The highest BCUT2D eigenvalue weighted by Gasteiger charge is 2.35. The Morgan fingerprint density at radius 1 is 1.25 bits per heavy atom. The molecular formula is C16H23F2NO. The van der Waals surface area contributed by atoms with Gasteiger partial charge in [-0.3, -0.25) is 0 Å². The molecule has 4 atom stereocenters. The van der Waals surface area contributed by atoms with Crippen molar-refractivity contribution in [2.75, 3.05) is 6.54 Å². The number of hydrogen-bond donors (Lipinski definition) is 1. The average Bonchev–Trinajstić information content (AvgIpc) is 2.36. The van der Waals surface area contributed by atoms with Crippen molar-refractivity contribution in [2.45, 2.75) is 45.8 Å². The Kier molecular flexibility index (Phi) is 4.97. The van der Waals surface area contributed by atoms with Crippen LogP contribution in [0, 0.1) is 23.5 Å². The minimum atomic E-state index is -0.633. The van der Waals surface area contributed by atoms with Gasteiger partial charge in [0.15, 0.2) is 11.6 Å². The molecule has 0 amide bonds. The number of likely N-dealkylation sites (N-methyl/N-ethyl adjacent to an activating group) is 1. The molecule has 0 aliphatic heterocycles. The zero-order chi connectivity index (χ0) is 14.7. The Bertz CT molecular complexity index is 452. The summed E-state index contributed by atoms with van der Waals surface area (Å²) in [6.07, 6.45) is 2.01. The largest absolute Gasteiger partial charge is 0.485 e. The third kappa shape index (κ3) is 3.48. The van der Waals surface area contributed by atoms with Crippen LogP contribution in [-0.2, 0) is 0 Å². The van der Waals surface area contributed by atoms with Crippen molar-refractivity contribution < 1.29 is 13.5 Å². The summed E-state index contributed by atoms with van der Waals surface area (Å²) in [5.74, 6) is -0.102. The lowest BCUT2D eigenvalue weighted by Gasteiger charge is -2.40. The molecule has 20 heavy (non-hydrogen) atoms. The maximum absolute atomic E-state index is 13.7.